The van der Waals surface area contributed by atoms with E-state index >= 15 is 4.79 Å². The van der Waals surface area contributed by atoms with Crippen molar-refractivity contribution in [1.29, 1.82) is 0 Å². The van der Waals surface area contributed by atoms with Gasteiger partial charge in [-0.2, -0.15) is 0 Å². The van der Waals surface area contributed by atoms with Gasteiger partial charge < -0.3 is 29.7 Å². The van der Waals surface area contributed by atoms with Gasteiger partial charge in [0.25, 0.3) is 5.91 Å². The molecule has 2 aromatic carbocycles. The largest absolute Gasteiger partial charge is 0.455 e. The van der Waals surface area contributed by atoms with Crippen molar-refractivity contribution in [3.8, 4) is 0 Å². The molecule has 5 rings (SSSR count). The van der Waals surface area contributed by atoms with Crippen LogP contribution in [0.2, 0.25) is 0 Å². The van der Waals surface area contributed by atoms with E-state index in [9.17, 15) is 19.5 Å². The summed E-state index contributed by atoms with van der Waals surface area (Å²) in [5, 5.41) is 13.7. The number of aliphatic hydroxyl groups is 1. The van der Waals surface area contributed by atoms with Crippen LogP contribution >= 0.6 is 0 Å². The molecule has 2 bridgehead atoms. The van der Waals surface area contributed by atoms with Gasteiger partial charge in [-0.15, -0.1) is 13.2 Å². The lowest BCUT2D eigenvalue weighted by atomic mass is 9.70. The second-order valence-corrected chi connectivity index (χ2v) is 14.4. The summed E-state index contributed by atoms with van der Waals surface area (Å²) in [4.78, 5) is 60.3. The van der Waals surface area contributed by atoms with Crippen LogP contribution < -0.4 is 10.2 Å². The lowest BCUT2D eigenvalue weighted by Gasteiger charge is -2.41. The summed E-state index contributed by atoms with van der Waals surface area (Å²) in [6.45, 7) is 17.1. The number of esters is 1. The van der Waals surface area contributed by atoms with Crippen LogP contribution in [0.5, 0.6) is 0 Å². The van der Waals surface area contributed by atoms with Gasteiger partial charge in [0.1, 0.15) is 17.7 Å². The number of nitrogens with one attached hydrogen (secondary N) is 1. The standard InChI is InChI=1S/C41H53N3O7/c1-8-11-17-33(46)42-28(7)36(29-15-13-12-14-16-29)50-40(49)34-32-20-21-41(51-32)35(34)38(47)44(31(24-45)26(5)10-3)37(41)39(48)43(22-9-2)30-23-25(4)18-19-27(30)6/h8-9,12-16,18-19,23,26,28,31-32,34-37,45H,1-2,10-11,17,20-22,24H2,3-7H3,(H,42,46)/t26-,28+,31-,32-,34+,35+,36+,37-,41+/m0/s1. The minimum atomic E-state index is -1.30. The van der Waals surface area contributed by atoms with Crippen LogP contribution in [0.15, 0.2) is 73.8 Å². The summed E-state index contributed by atoms with van der Waals surface area (Å²) in [6, 6.07) is 12.7. The van der Waals surface area contributed by atoms with Gasteiger partial charge in [-0.3, -0.25) is 19.2 Å². The highest BCUT2D eigenvalue weighted by Crippen LogP contribution is 2.60. The summed E-state index contributed by atoms with van der Waals surface area (Å²) < 4.78 is 13.0. The Kier molecular flexibility index (Phi) is 11.9. The summed E-state index contributed by atoms with van der Waals surface area (Å²) in [5.41, 5.74) is 1.96. The SMILES string of the molecule is C=CCCC(=O)N[C@H](C)[C@@H](OC(=O)[C@@H]1[C@@H]2CC[C@]3(O2)[C@H](C(=O)N(CC=C)c2cc(C)ccc2C)N([C@@H](CO)[C@@H](C)CC)C(=O)[C@@H]13)c1ccccc1. The number of aryl methyl sites for hydroxylation is 2. The van der Waals surface area contributed by atoms with Crippen molar-refractivity contribution in [3.63, 3.8) is 0 Å². The van der Waals surface area contributed by atoms with Gasteiger partial charge in [-0.05, 0) is 68.7 Å². The lowest BCUT2D eigenvalue weighted by Crippen LogP contribution is -2.60. The van der Waals surface area contributed by atoms with E-state index in [-0.39, 0.29) is 37.3 Å². The Hall–Kier alpha value is -4.28. The first-order valence-corrected chi connectivity index (χ1v) is 18.2. The predicted molar refractivity (Wildman–Crippen MR) is 196 cm³/mol. The fourth-order valence-electron chi connectivity index (χ4n) is 8.34. The van der Waals surface area contributed by atoms with Crippen molar-refractivity contribution in [1.82, 2.24) is 10.2 Å². The number of likely N-dealkylation sites (tertiary alicyclic amines) is 1. The van der Waals surface area contributed by atoms with Crippen LogP contribution in [0.1, 0.15) is 75.7 Å². The lowest BCUT2D eigenvalue weighted by molar-refractivity contribution is -0.162. The quantitative estimate of drug-likeness (QED) is 0.179. The number of rotatable bonds is 16. The highest BCUT2D eigenvalue weighted by Gasteiger charge is 2.76. The van der Waals surface area contributed by atoms with E-state index in [4.69, 9.17) is 9.47 Å². The second kappa shape index (κ2) is 15.9. The molecule has 3 amide bonds. The van der Waals surface area contributed by atoms with Crippen molar-refractivity contribution in [2.75, 3.05) is 18.1 Å². The highest BCUT2D eigenvalue weighted by atomic mass is 16.6. The number of fused-ring (bicyclic) bond motifs is 1. The normalized spacial score (nSPS) is 25.8. The van der Waals surface area contributed by atoms with E-state index in [1.54, 1.807) is 24.0 Å². The summed E-state index contributed by atoms with van der Waals surface area (Å²) in [5.74, 6) is -3.66. The minimum Gasteiger partial charge on any atom is -0.455 e. The van der Waals surface area contributed by atoms with Crippen molar-refractivity contribution in [2.45, 2.75) is 103 Å². The van der Waals surface area contributed by atoms with E-state index < -0.39 is 59.6 Å². The van der Waals surface area contributed by atoms with Gasteiger partial charge in [-0.25, -0.2) is 0 Å². The van der Waals surface area contributed by atoms with Crippen LogP contribution in [-0.4, -0.2) is 76.7 Å². The molecule has 10 heteroatoms. The molecule has 0 aliphatic carbocycles. The zero-order valence-electron chi connectivity index (χ0n) is 30.5. The third-order valence-electron chi connectivity index (χ3n) is 11.1. The van der Waals surface area contributed by atoms with E-state index in [0.717, 1.165) is 11.1 Å². The minimum absolute atomic E-state index is 0.145. The Balaban J connectivity index is 1.54. The van der Waals surface area contributed by atoms with E-state index in [2.05, 4.69) is 18.5 Å². The number of amides is 3. The Morgan fingerprint density at radius 3 is 2.51 bits per heavy atom. The molecule has 0 unspecified atom stereocenters. The molecular formula is C41H53N3O7. The molecule has 9 atom stereocenters. The summed E-state index contributed by atoms with van der Waals surface area (Å²) in [6.07, 6.45) is 4.13. The highest BCUT2D eigenvalue weighted by molar-refractivity contribution is 6.05. The van der Waals surface area contributed by atoms with Gasteiger partial charge in [0.05, 0.1) is 36.6 Å². The average molecular weight is 700 g/mol. The fourth-order valence-corrected chi connectivity index (χ4v) is 8.34. The Morgan fingerprint density at radius 2 is 1.86 bits per heavy atom. The Labute approximate surface area is 301 Å². The van der Waals surface area contributed by atoms with Crippen molar-refractivity contribution < 1.29 is 33.8 Å². The molecule has 274 valence electrons. The topological polar surface area (TPSA) is 125 Å². The number of carbonyl (C=O) groups excluding carboxylic acids is 4. The van der Waals surface area contributed by atoms with E-state index in [0.29, 0.717) is 36.9 Å². The number of nitrogens with zero attached hydrogens (tertiary/aromatic N) is 2. The number of hydrogen-bond acceptors (Lipinski definition) is 7. The third-order valence-corrected chi connectivity index (χ3v) is 11.1. The van der Waals surface area contributed by atoms with Gasteiger partial charge >= 0.3 is 5.97 Å². The molecule has 3 aliphatic rings. The molecule has 1 spiro atoms. The zero-order chi connectivity index (χ0) is 37.0. The van der Waals surface area contributed by atoms with E-state index in [1.165, 1.54) is 4.90 Å². The molecule has 51 heavy (non-hydrogen) atoms. The van der Waals surface area contributed by atoms with E-state index in [1.807, 2.05) is 76.2 Å². The molecule has 2 N–H and O–H groups in total. The van der Waals surface area contributed by atoms with Gasteiger partial charge in [-0.1, -0.05) is 74.9 Å². The molecule has 3 heterocycles. The molecule has 0 saturated carbocycles. The Bertz CT molecular complexity index is 1630. The molecule has 3 aliphatic heterocycles. The summed E-state index contributed by atoms with van der Waals surface area (Å²) >= 11 is 0. The van der Waals surface area contributed by atoms with Gasteiger partial charge in [0, 0.05) is 18.7 Å². The molecule has 0 aromatic heterocycles. The van der Waals surface area contributed by atoms with Crippen molar-refractivity contribution in [2.24, 2.45) is 17.8 Å². The molecule has 2 aromatic rings. The zero-order valence-corrected chi connectivity index (χ0v) is 30.5. The number of benzene rings is 2. The number of anilines is 1. The summed E-state index contributed by atoms with van der Waals surface area (Å²) in [7, 11) is 0. The monoisotopic (exact) mass is 699 g/mol. The van der Waals surface area contributed by atoms with Crippen LogP contribution in [0.25, 0.3) is 0 Å². The maximum Gasteiger partial charge on any atom is 0.313 e. The second-order valence-electron chi connectivity index (χ2n) is 14.4. The first kappa shape index (κ1) is 38.0. The van der Waals surface area contributed by atoms with Crippen LogP contribution in [0.3, 0.4) is 0 Å². The predicted octanol–water partition coefficient (Wildman–Crippen LogP) is 5.36. The fraction of sp³-hybridized carbons (Fsp3) is 0.512. The number of carbonyl (C=O) groups is 4. The molecule has 10 nitrogen and oxygen atoms in total. The molecule has 3 fully saturated rings. The number of allylic oxidation sites excluding steroid dienone is 1. The smallest absolute Gasteiger partial charge is 0.313 e. The average Bonchev–Trinajstić information content (AvgIpc) is 3.77. The van der Waals surface area contributed by atoms with Gasteiger partial charge in [0.15, 0.2) is 0 Å². The van der Waals surface area contributed by atoms with Crippen molar-refractivity contribution >= 4 is 29.4 Å². The first-order chi connectivity index (χ1) is 24.4. The van der Waals surface area contributed by atoms with Crippen LogP contribution in [-0.2, 0) is 28.7 Å². The molecule has 0 radical (unpaired) electrons. The number of hydrogen-bond donors (Lipinski definition) is 2. The maximum atomic E-state index is 15.1. The van der Waals surface area contributed by atoms with Crippen molar-refractivity contribution in [3.05, 3.63) is 90.5 Å². The number of aliphatic hydroxyl groups excluding tert-OH is 1. The first-order valence-electron chi connectivity index (χ1n) is 18.2. The maximum absolute atomic E-state index is 15.1. The van der Waals surface area contributed by atoms with Crippen LogP contribution in [0, 0.1) is 31.6 Å². The third kappa shape index (κ3) is 7.13. The molecule has 3 saturated heterocycles. The Morgan fingerprint density at radius 1 is 1.14 bits per heavy atom. The van der Waals surface area contributed by atoms with Gasteiger partial charge in [0.2, 0.25) is 11.8 Å². The molecular weight excluding hydrogens is 646 g/mol. The van der Waals surface area contributed by atoms with Crippen LogP contribution in [0.4, 0.5) is 5.69 Å². The number of ether oxygens (including phenoxy) is 2.